The molecule has 2 aliphatic rings. The van der Waals surface area contributed by atoms with Crippen LogP contribution in [-0.2, 0) is 6.54 Å². The van der Waals surface area contributed by atoms with Gasteiger partial charge >= 0.3 is 0 Å². The van der Waals surface area contributed by atoms with Gasteiger partial charge in [-0.25, -0.2) is 4.98 Å². The van der Waals surface area contributed by atoms with Crippen LogP contribution in [0.3, 0.4) is 0 Å². The smallest absolute Gasteiger partial charge is 0.113 e. The lowest BCUT2D eigenvalue weighted by atomic mass is 9.98. The Morgan fingerprint density at radius 3 is 3.06 bits per heavy atom. The lowest BCUT2D eigenvalue weighted by molar-refractivity contribution is 0.298. The first-order valence-corrected chi connectivity index (χ1v) is 7.00. The van der Waals surface area contributed by atoms with Gasteiger partial charge in [-0.3, -0.25) is 4.90 Å². The van der Waals surface area contributed by atoms with Crippen LogP contribution in [0.15, 0.2) is 6.20 Å². The molecule has 5 heteroatoms. The van der Waals surface area contributed by atoms with Crippen molar-refractivity contribution < 1.29 is 0 Å². The van der Waals surface area contributed by atoms with Gasteiger partial charge in [0.2, 0.25) is 0 Å². The van der Waals surface area contributed by atoms with E-state index in [-0.39, 0.29) is 0 Å². The molecule has 88 valence electrons. The molecule has 3 atom stereocenters. The second-order valence-corrected chi connectivity index (χ2v) is 6.66. The maximum atomic E-state index is 6.12. The zero-order chi connectivity index (χ0) is 11.1. The van der Waals surface area contributed by atoms with Gasteiger partial charge in [-0.2, -0.15) is 0 Å². The summed E-state index contributed by atoms with van der Waals surface area (Å²) in [7, 11) is 0. The van der Waals surface area contributed by atoms with Gasteiger partial charge in [0.25, 0.3) is 0 Å². The molecule has 2 fully saturated rings. The van der Waals surface area contributed by atoms with Crippen LogP contribution in [0.1, 0.15) is 17.8 Å². The van der Waals surface area contributed by atoms with Crippen molar-refractivity contribution in [3.8, 4) is 0 Å². The SMILES string of the molecule is NC1CCC2CN(Cc3ncc(Cl)s3)CC12. The third-order valence-corrected chi connectivity index (χ3v) is 4.97. The van der Waals surface area contributed by atoms with Gasteiger partial charge in [0, 0.05) is 19.1 Å². The maximum absolute atomic E-state index is 6.12. The number of nitrogens with zero attached hydrogens (tertiary/aromatic N) is 2. The zero-order valence-electron chi connectivity index (χ0n) is 9.10. The summed E-state index contributed by atoms with van der Waals surface area (Å²) in [5, 5.41) is 1.12. The highest BCUT2D eigenvalue weighted by Gasteiger charge is 2.40. The Hall–Kier alpha value is -0.160. The molecule has 2 N–H and O–H groups in total. The fraction of sp³-hybridized carbons (Fsp3) is 0.727. The Kier molecular flexibility index (Phi) is 2.92. The summed E-state index contributed by atoms with van der Waals surface area (Å²) in [6.07, 6.45) is 4.26. The first kappa shape index (κ1) is 11.0. The van der Waals surface area contributed by atoms with Gasteiger partial charge in [0.05, 0.1) is 12.7 Å². The minimum Gasteiger partial charge on any atom is -0.327 e. The van der Waals surface area contributed by atoms with E-state index in [9.17, 15) is 0 Å². The number of nitrogens with two attached hydrogens (primary N) is 1. The molecular formula is C11H16ClN3S. The molecule has 0 amide bonds. The molecule has 3 nitrogen and oxygen atoms in total. The Morgan fingerprint density at radius 1 is 1.50 bits per heavy atom. The summed E-state index contributed by atoms with van der Waals surface area (Å²) >= 11 is 7.47. The molecule has 2 heterocycles. The van der Waals surface area contributed by atoms with E-state index in [4.69, 9.17) is 17.3 Å². The van der Waals surface area contributed by atoms with E-state index in [1.165, 1.54) is 19.4 Å². The Bertz CT molecular complexity index is 381. The van der Waals surface area contributed by atoms with Crippen LogP contribution < -0.4 is 5.73 Å². The molecule has 0 bridgehead atoms. The van der Waals surface area contributed by atoms with Crippen LogP contribution in [0.4, 0.5) is 0 Å². The number of hydrogen-bond donors (Lipinski definition) is 1. The molecule has 1 saturated heterocycles. The van der Waals surface area contributed by atoms with Crippen molar-refractivity contribution in [2.45, 2.75) is 25.4 Å². The number of thiazole rings is 1. The minimum atomic E-state index is 0.426. The second kappa shape index (κ2) is 4.26. The second-order valence-electron chi connectivity index (χ2n) is 4.92. The fourth-order valence-electron chi connectivity index (χ4n) is 3.08. The van der Waals surface area contributed by atoms with Crippen LogP contribution in [0.2, 0.25) is 4.34 Å². The topological polar surface area (TPSA) is 42.1 Å². The quantitative estimate of drug-likeness (QED) is 0.881. The number of hydrogen-bond acceptors (Lipinski definition) is 4. The highest BCUT2D eigenvalue weighted by molar-refractivity contribution is 7.15. The molecule has 1 saturated carbocycles. The van der Waals surface area contributed by atoms with E-state index in [1.54, 1.807) is 17.5 Å². The van der Waals surface area contributed by atoms with Crippen molar-refractivity contribution >= 4 is 22.9 Å². The van der Waals surface area contributed by atoms with Crippen molar-refractivity contribution in [3.63, 3.8) is 0 Å². The van der Waals surface area contributed by atoms with Gasteiger partial charge in [-0.1, -0.05) is 11.6 Å². The molecule has 0 spiro atoms. The summed E-state index contributed by atoms with van der Waals surface area (Å²) in [5.74, 6) is 1.54. The molecule has 1 aliphatic heterocycles. The Morgan fingerprint density at radius 2 is 2.38 bits per heavy atom. The van der Waals surface area contributed by atoms with Gasteiger partial charge < -0.3 is 5.73 Å². The lowest BCUT2D eigenvalue weighted by Gasteiger charge is -2.16. The summed E-state index contributed by atoms with van der Waals surface area (Å²) in [6.45, 7) is 3.27. The third kappa shape index (κ3) is 1.99. The average molecular weight is 258 g/mol. The van der Waals surface area contributed by atoms with E-state index in [2.05, 4.69) is 9.88 Å². The number of halogens is 1. The van der Waals surface area contributed by atoms with Crippen LogP contribution in [0, 0.1) is 11.8 Å². The largest absolute Gasteiger partial charge is 0.327 e. The molecule has 0 radical (unpaired) electrons. The molecule has 0 aromatic carbocycles. The zero-order valence-corrected chi connectivity index (χ0v) is 10.7. The van der Waals surface area contributed by atoms with E-state index in [0.29, 0.717) is 6.04 Å². The third-order valence-electron chi connectivity index (χ3n) is 3.87. The fourth-order valence-corrected chi connectivity index (χ4v) is 4.08. The van der Waals surface area contributed by atoms with E-state index in [0.717, 1.165) is 34.3 Å². The van der Waals surface area contributed by atoms with Crippen molar-refractivity contribution in [3.05, 3.63) is 15.5 Å². The molecule has 3 unspecified atom stereocenters. The van der Waals surface area contributed by atoms with Gasteiger partial charge in [0.1, 0.15) is 9.34 Å². The highest BCUT2D eigenvalue weighted by atomic mass is 35.5. The van der Waals surface area contributed by atoms with Crippen molar-refractivity contribution in [2.24, 2.45) is 17.6 Å². The molecule has 1 aromatic rings. The van der Waals surface area contributed by atoms with Crippen molar-refractivity contribution in [1.29, 1.82) is 0 Å². The summed E-state index contributed by atoms with van der Waals surface area (Å²) < 4.78 is 0.783. The van der Waals surface area contributed by atoms with Gasteiger partial charge in [-0.15, -0.1) is 11.3 Å². The number of aromatic nitrogens is 1. The monoisotopic (exact) mass is 257 g/mol. The average Bonchev–Trinajstić information content (AvgIpc) is 2.88. The molecule has 16 heavy (non-hydrogen) atoms. The normalized spacial score (nSPS) is 34.5. The summed E-state index contributed by atoms with van der Waals surface area (Å²) in [6, 6.07) is 0.426. The van der Waals surface area contributed by atoms with E-state index >= 15 is 0 Å². The maximum Gasteiger partial charge on any atom is 0.113 e. The molecule has 1 aromatic heterocycles. The van der Waals surface area contributed by atoms with Crippen molar-refractivity contribution in [2.75, 3.05) is 13.1 Å². The van der Waals surface area contributed by atoms with Gasteiger partial charge in [0.15, 0.2) is 0 Å². The van der Waals surface area contributed by atoms with Crippen LogP contribution in [0.25, 0.3) is 0 Å². The lowest BCUT2D eigenvalue weighted by Crippen LogP contribution is -2.30. The highest BCUT2D eigenvalue weighted by Crippen LogP contribution is 2.37. The summed E-state index contributed by atoms with van der Waals surface area (Å²) in [4.78, 5) is 6.78. The molecule has 3 rings (SSSR count). The Balaban J connectivity index is 1.62. The Labute approximate surface area is 105 Å². The number of likely N-dealkylation sites (tertiary alicyclic amines) is 1. The first-order chi connectivity index (χ1) is 7.72. The van der Waals surface area contributed by atoms with Gasteiger partial charge in [-0.05, 0) is 24.7 Å². The predicted molar refractivity (Wildman–Crippen MR) is 66.6 cm³/mol. The minimum absolute atomic E-state index is 0.426. The summed E-state index contributed by atoms with van der Waals surface area (Å²) in [5.41, 5.74) is 6.12. The van der Waals surface area contributed by atoms with Crippen LogP contribution in [-0.4, -0.2) is 29.0 Å². The van der Waals surface area contributed by atoms with E-state index in [1.807, 2.05) is 0 Å². The van der Waals surface area contributed by atoms with Crippen molar-refractivity contribution in [1.82, 2.24) is 9.88 Å². The molecule has 1 aliphatic carbocycles. The van der Waals surface area contributed by atoms with Crippen LogP contribution >= 0.6 is 22.9 Å². The first-order valence-electron chi connectivity index (χ1n) is 5.80. The predicted octanol–water partition coefficient (Wildman–Crippen LogP) is 1.97. The molecular weight excluding hydrogens is 242 g/mol. The number of rotatable bonds is 2. The van der Waals surface area contributed by atoms with E-state index < -0.39 is 0 Å². The standard InChI is InChI=1S/C11H16ClN3S/c12-10-3-14-11(16-10)6-15-4-7-1-2-9(13)8(7)5-15/h3,7-9H,1-2,4-6,13H2. The number of fused-ring (bicyclic) bond motifs is 1. The van der Waals surface area contributed by atoms with Crippen LogP contribution in [0.5, 0.6) is 0 Å².